The Morgan fingerprint density at radius 3 is 2.74 bits per heavy atom. The summed E-state index contributed by atoms with van der Waals surface area (Å²) in [6.07, 6.45) is 5.41. The van der Waals surface area contributed by atoms with Crippen LogP contribution in [0.4, 0.5) is 5.69 Å². The Kier molecular flexibility index (Phi) is 5.54. The third kappa shape index (κ3) is 4.73. The lowest BCUT2D eigenvalue weighted by molar-refractivity contribution is 0.0722. The molecule has 0 radical (unpaired) electrons. The van der Waals surface area contributed by atoms with Crippen molar-refractivity contribution in [3.8, 4) is 11.3 Å². The van der Waals surface area contributed by atoms with E-state index in [9.17, 15) is 4.79 Å². The third-order valence-corrected chi connectivity index (χ3v) is 4.19. The van der Waals surface area contributed by atoms with E-state index in [1.807, 2.05) is 48.5 Å². The quantitative estimate of drug-likeness (QED) is 0.728. The summed E-state index contributed by atoms with van der Waals surface area (Å²) in [5.74, 6) is 0.364. The van der Waals surface area contributed by atoms with Crippen molar-refractivity contribution in [3.63, 3.8) is 0 Å². The van der Waals surface area contributed by atoms with Crippen LogP contribution in [0.1, 0.15) is 29.8 Å². The molecule has 0 unspecified atom stereocenters. The molecule has 0 saturated carbocycles. The molecule has 2 N–H and O–H groups in total. The van der Waals surface area contributed by atoms with E-state index >= 15 is 0 Å². The Balaban J connectivity index is 1.88. The Morgan fingerprint density at radius 1 is 1.26 bits per heavy atom. The van der Waals surface area contributed by atoms with Gasteiger partial charge in [0, 0.05) is 54.9 Å². The van der Waals surface area contributed by atoms with E-state index < -0.39 is 0 Å². The normalized spacial score (nSPS) is 11.0. The highest BCUT2D eigenvalue weighted by Gasteiger charge is 2.18. The summed E-state index contributed by atoms with van der Waals surface area (Å²) in [4.78, 5) is 19.4. The molecule has 0 fully saturated rings. The molecule has 0 atom stereocenters. The minimum absolute atomic E-state index is 0.00157. The number of hydrogen-bond acceptors (Lipinski definition) is 4. The molecular formula is C21H25N5O. The molecule has 0 aliphatic carbocycles. The van der Waals surface area contributed by atoms with Gasteiger partial charge in [0.05, 0.1) is 11.9 Å². The van der Waals surface area contributed by atoms with Gasteiger partial charge < -0.3 is 10.6 Å². The maximum atomic E-state index is 13.2. The van der Waals surface area contributed by atoms with Gasteiger partial charge in [0.1, 0.15) is 0 Å². The number of nitrogen functional groups attached to an aromatic ring is 1. The minimum Gasteiger partial charge on any atom is -0.399 e. The van der Waals surface area contributed by atoms with Crippen molar-refractivity contribution in [3.05, 3.63) is 66.1 Å². The summed E-state index contributed by atoms with van der Waals surface area (Å²) in [6, 6.07) is 11.1. The fraction of sp³-hybridized carbons (Fsp3) is 0.286. The van der Waals surface area contributed by atoms with E-state index in [0.717, 1.165) is 16.8 Å². The minimum atomic E-state index is -0.00157. The zero-order valence-electron chi connectivity index (χ0n) is 16.0. The molecule has 6 heteroatoms. The van der Waals surface area contributed by atoms with Crippen molar-refractivity contribution < 1.29 is 4.79 Å². The Morgan fingerprint density at radius 2 is 2.07 bits per heavy atom. The standard InChI is InChI=1S/C21H25N5O/c1-15(2)12-26(14-16-11-24-25(3)13-16)21(27)18-6-4-5-17(9-18)20-10-19(22)7-8-23-20/h4-11,13,15H,12,14H2,1-3H3,(H2,22,23). The Hall–Kier alpha value is -3.15. The lowest BCUT2D eigenvalue weighted by atomic mass is 10.1. The van der Waals surface area contributed by atoms with E-state index in [1.54, 1.807) is 23.1 Å². The molecular weight excluding hydrogens is 338 g/mol. The number of hydrogen-bond donors (Lipinski definition) is 1. The van der Waals surface area contributed by atoms with E-state index in [-0.39, 0.29) is 5.91 Å². The van der Waals surface area contributed by atoms with Crippen molar-refractivity contribution in [1.29, 1.82) is 0 Å². The summed E-state index contributed by atoms with van der Waals surface area (Å²) < 4.78 is 1.75. The lowest BCUT2D eigenvalue weighted by Gasteiger charge is -2.24. The monoisotopic (exact) mass is 363 g/mol. The number of pyridine rings is 1. The van der Waals surface area contributed by atoms with Gasteiger partial charge in [-0.2, -0.15) is 5.10 Å². The lowest BCUT2D eigenvalue weighted by Crippen LogP contribution is -2.33. The number of amides is 1. The first-order valence-corrected chi connectivity index (χ1v) is 9.01. The molecule has 6 nitrogen and oxygen atoms in total. The van der Waals surface area contributed by atoms with Crippen LogP contribution in [0.2, 0.25) is 0 Å². The number of nitrogens with zero attached hydrogens (tertiary/aromatic N) is 4. The second-order valence-electron chi connectivity index (χ2n) is 7.16. The van der Waals surface area contributed by atoms with E-state index in [4.69, 9.17) is 5.73 Å². The molecule has 0 aliphatic rings. The highest BCUT2D eigenvalue weighted by atomic mass is 16.2. The maximum Gasteiger partial charge on any atom is 0.254 e. The van der Waals surface area contributed by atoms with Crippen molar-refractivity contribution in [1.82, 2.24) is 19.7 Å². The molecule has 0 bridgehead atoms. The van der Waals surface area contributed by atoms with Crippen molar-refractivity contribution in [2.24, 2.45) is 13.0 Å². The molecule has 3 rings (SSSR count). The van der Waals surface area contributed by atoms with E-state index in [0.29, 0.717) is 30.3 Å². The highest BCUT2D eigenvalue weighted by Crippen LogP contribution is 2.21. The van der Waals surface area contributed by atoms with Gasteiger partial charge in [-0.3, -0.25) is 14.5 Å². The maximum absolute atomic E-state index is 13.2. The SMILES string of the molecule is CC(C)CN(Cc1cnn(C)c1)C(=O)c1cccc(-c2cc(N)ccn2)c1. The fourth-order valence-electron chi connectivity index (χ4n) is 3.03. The number of nitrogens with two attached hydrogens (primary N) is 1. The predicted octanol–water partition coefficient (Wildman–Crippen LogP) is 3.36. The Labute approximate surface area is 159 Å². The summed E-state index contributed by atoms with van der Waals surface area (Å²) in [5.41, 5.74) is 9.79. The van der Waals surface area contributed by atoms with Gasteiger partial charge in [-0.25, -0.2) is 0 Å². The molecule has 27 heavy (non-hydrogen) atoms. The summed E-state index contributed by atoms with van der Waals surface area (Å²) in [5, 5.41) is 4.20. The number of anilines is 1. The fourth-order valence-corrected chi connectivity index (χ4v) is 3.03. The first kappa shape index (κ1) is 18.6. The average molecular weight is 363 g/mol. The molecule has 3 aromatic rings. The Bertz CT molecular complexity index is 932. The first-order valence-electron chi connectivity index (χ1n) is 9.01. The van der Waals surface area contributed by atoms with Gasteiger partial charge in [-0.15, -0.1) is 0 Å². The largest absolute Gasteiger partial charge is 0.399 e. The van der Waals surface area contributed by atoms with E-state index in [2.05, 4.69) is 23.9 Å². The summed E-state index contributed by atoms with van der Waals surface area (Å²) in [7, 11) is 1.88. The average Bonchev–Trinajstić information content (AvgIpc) is 3.05. The number of aryl methyl sites for hydroxylation is 1. The van der Waals surface area contributed by atoms with Gasteiger partial charge in [0.2, 0.25) is 0 Å². The number of carbonyl (C=O) groups excluding carboxylic acids is 1. The summed E-state index contributed by atoms with van der Waals surface area (Å²) >= 11 is 0. The smallest absolute Gasteiger partial charge is 0.254 e. The second kappa shape index (κ2) is 8.03. The zero-order valence-corrected chi connectivity index (χ0v) is 16.0. The molecule has 2 aromatic heterocycles. The topological polar surface area (TPSA) is 77.0 Å². The van der Waals surface area contributed by atoms with Crippen LogP contribution in [-0.4, -0.2) is 32.1 Å². The van der Waals surface area contributed by atoms with Gasteiger partial charge in [0.25, 0.3) is 5.91 Å². The van der Waals surface area contributed by atoms with Crippen LogP contribution in [0, 0.1) is 5.92 Å². The van der Waals surface area contributed by atoms with Crippen LogP contribution >= 0.6 is 0 Å². The van der Waals surface area contributed by atoms with Gasteiger partial charge in [-0.05, 0) is 30.2 Å². The molecule has 2 heterocycles. The number of benzene rings is 1. The molecule has 0 spiro atoms. The van der Waals surface area contributed by atoms with Crippen molar-refractivity contribution >= 4 is 11.6 Å². The van der Waals surface area contributed by atoms with Crippen LogP contribution in [0.3, 0.4) is 0 Å². The van der Waals surface area contributed by atoms with Gasteiger partial charge in [0.15, 0.2) is 0 Å². The molecule has 1 aromatic carbocycles. The first-order chi connectivity index (χ1) is 12.9. The van der Waals surface area contributed by atoms with Crippen molar-refractivity contribution in [2.75, 3.05) is 12.3 Å². The third-order valence-electron chi connectivity index (χ3n) is 4.19. The van der Waals surface area contributed by atoms with Gasteiger partial charge in [-0.1, -0.05) is 26.0 Å². The molecule has 0 aliphatic heterocycles. The second-order valence-corrected chi connectivity index (χ2v) is 7.16. The van der Waals surface area contributed by atoms with Crippen LogP contribution < -0.4 is 5.73 Å². The van der Waals surface area contributed by atoms with Gasteiger partial charge >= 0.3 is 0 Å². The van der Waals surface area contributed by atoms with Crippen LogP contribution in [-0.2, 0) is 13.6 Å². The van der Waals surface area contributed by atoms with Crippen molar-refractivity contribution in [2.45, 2.75) is 20.4 Å². The zero-order chi connectivity index (χ0) is 19.4. The molecule has 140 valence electrons. The highest BCUT2D eigenvalue weighted by molar-refractivity contribution is 5.95. The summed E-state index contributed by atoms with van der Waals surface area (Å²) in [6.45, 7) is 5.42. The molecule has 0 saturated heterocycles. The predicted molar refractivity (Wildman–Crippen MR) is 107 cm³/mol. The number of carbonyl (C=O) groups is 1. The van der Waals surface area contributed by atoms with Crippen LogP contribution in [0.15, 0.2) is 55.0 Å². The molecule has 1 amide bonds. The van der Waals surface area contributed by atoms with E-state index in [1.165, 1.54) is 0 Å². The van der Waals surface area contributed by atoms with Crippen LogP contribution in [0.25, 0.3) is 11.3 Å². The van der Waals surface area contributed by atoms with Crippen LogP contribution in [0.5, 0.6) is 0 Å². The number of rotatable bonds is 6. The number of aromatic nitrogens is 3.